The number of nitrogens with one attached hydrogen (secondary N) is 6. The third-order valence-corrected chi connectivity index (χ3v) is 3.70. The first kappa shape index (κ1) is 19.1. The number of hydrogen-bond donors (Lipinski definition) is 10. The summed E-state index contributed by atoms with van der Waals surface area (Å²) in [6.45, 7) is 3.15. The largest absolute Gasteiger partial charge is 0.386 e. The maximum Gasteiger partial charge on any atom is 0.161 e. The molecule has 0 amide bonds. The van der Waals surface area contributed by atoms with Crippen molar-refractivity contribution in [3.05, 3.63) is 0 Å². The molecule has 0 bridgehead atoms. The topological polar surface area (TPSA) is 224 Å². The summed E-state index contributed by atoms with van der Waals surface area (Å²) in [6, 6.07) is 0. The van der Waals surface area contributed by atoms with Crippen molar-refractivity contribution >= 4 is 34.9 Å². The molecule has 0 aliphatic rings. The molecule has 1 atom stereocenters. The molecule has 10 nitrogen and oxygen atoms in total. The fourth-order valence-corrected chi connectivity index (χ4v) is 2.05. The van der Waals surface area contributed by atoms with Crippen LogP contribution in [0, 0.1) is 21.6 Å². The molecular weight excluding hydrogens is 296 g/mol. The van der Waals surface area contributed by atoms with Gasteiger partial charge in [0.15, 0.2) is 5.54 Å². The smallest absolute Gasteiger partial charge is 0.161 e. The Hall–Kier alpha value is -1.91. The van der Waals surface area contributed by atoms with Gasteiger partial charge in [-0.1, -0.05) is 6.92 Å². The monoisotopic (exact) mass is 318 g/mol. The van der Waals surface area contributed by atoms with Crippen LogP contribution in [-0.4, -0.2) is 39.8 Å². The van der Waals surface area contributed by atoms with E-state index in [4.69, 9.17) is 56.2 Å². The average molecular weight is 319 g/mol. The highest BCUT2D eigenvalue weighted by atomic mass is 35.5. The molecule has 0 aromatic heterocycles. The van der Waals surface area contributed by atoms with Crippen LogP contribution in [0.5, 0.6) is 0 Å². The summed E-state index contributed by atoms with van der Waals surface area (Å²) in [5.41, 5.74) is 24.0. The molecule has 14 N–H and O–H groups in total. The first-order valence-electron chi connectivity index (χ1n) is 6.05. The number of rotatable bonds is 9. The van der Waals surface area contributed by atoms with E-state index in [1.807, 2.05) is 0 Å². The zero-order chi connectivity index (χ0) is 17.0. The van der Waals surface area contributed by atoms with E-state index in [1.54, 1.807) is 6.92 Å². The summed E-state index contributed by atoms with van der Waals surface area (Å²) in [7, 11) is 0. The predicted octanol–water partition coefficient (Wildman–Crippen LogP) is -1.66. The highest BCUT2D eigenvalue weighted by Gasteiger charge is 2.46. The van der Waals surface area contributed by atoms with Crippen molar-refractivity contribution in [2.75, 3.05) is 0 Å². The van der Waals surface area contributed by atoms with Gasteiger partial charge in [-0.2, -0.15) is 0 Å². The third kappa shape index (κ3) is 3.23. The van der Waals surface area contributed by atoms with Gasteiger partial charge in [0.2, 0.25) is 0 Å². The van der Waals surface area contributed by atoms with Crippen molar-refractivity contribution in [3.8, 4) is 0 Å². The quantitative estimate of drug-likeness (QED) is 0.103. The molecule has 0 radical (unpaired) electrons. The molecule has 0 aliphatic carbocycles. The molecule has 0 aromatic carbocycles. The summed E-state index contributed by atoms with van der Waals surface area (Å²) < 4.78 is 0. The van der Waals surface area contributed by atoms with Crippen LogP contribution < -0.4 is 33.8 Å². The Labute approximate surface area is 127 Å². The molecule has 0 heterocycles. The van der Waals surface area contributed by atoms with Crippen molar-refractivity contribution in [1.82, 2.24) is 10.9 Å². The highest BCUT2D eigenvalue weighted by molar-refractivity contribution is 6.28. The zero-order valence-electron chi connectivity index (χ0n) is 12.0. The predicted molar refractivity (Wildman–Crippen MR) is 85.0 cm³/mol. The van der Waals surface area contributed by atoms with Gasteiger partial charge in [-0.05, 0) is 13.3 Å². The van der Waals surface area contributed by atoms with Gasteiger partial charge in [-0.15, -0.1) is 11.6 Å². The van der Waals surface area contributed by atoms with Gasteiger partial charge in [-0.25, -0.2) is 10.9 Å². The first-order chi connectivity index (χ1) is 9.48. The van der Waals surface area contributed by atoms with Crippen LogP contribution in [0.3, 0.4) is 0 Å². The van der Waals surface area contributed by atoms with E-state index >= 15 is 0 Å². The van der Waals surface area contributed by atoms with Gasteiger partial charge < -0.3 is 22.9 Å². The van der Waals surface area contributed by atoms with Gasteiger partial charge in [0.1, 0.15) is 28.9 Å². The maximum atomic E-state index is 7.64. The van der Waals surface area contributed by atoms with Crippen LogP contribution >= 0.6 is 11.6 Å². The second kappa shape index (κ2) is 6.70. The number of hydrogen-bond acceptors (Lipinski definition) is 6. The second-order valence-corrected chi connectivity index (χ2v) is 5.24. The number of hydrazine groups is 1. The van der Waals surface area contributed by atoms with Crippen LogP contribution in [-0.2, 0) is 0 Å². The van der Waals surface area contributed by atoms with Gasteiger partial charge in [0.25, 0.3) is 0 Å². The molecule has 0 fully saturated rings. The Morgan fingerprint density at radius 2 is 1.33 bits per heavy atom. The first-order valence-corrected chi connectivity index (χ1v) is 6.49. The number of amidine groups is 4. The van der Waals surface area contributed by atoms with E-state index < -0.39 is 39.8 Å². The number of nitrogens with two attached hydrogens (primary N) is 4. The minimum absolute atomic E-state index is 0.174. The Morgan fingerprint density at radius 3 is 1.52 bits per heavy atom. The van der Waals surface area contributed by atoms with Crippen LogP contribution in [0.2, 0.25) is 0 Å². The molecular formula is C10H23ClN10. The standard InChI is InChI=1S/C10H23ClN10/c1-3-9(5(12)13,6(14)15)20-21-10(4(2)11,7(16)17)8(18)19/h4,20-21H,3H2,1-2H3,(H3,12,13)(H3,14,15)(H3,16,17)(H3,18,19). The lowest BCUT2D eigenvalue weighted by Crippen LogP contribution is -2.76. The van der Waals surface area contributed by atoms with Crippen LogP contribution in [0.4, 0.5) is 0 Å². The number of halogens is 1. The van der Waals surface area contributed by atoms with Crippen molar-refractivity contribution in [3.63, 3.8) is 0 Å². The summed E-state index contributed by atoms with van der Waals surface area (Å²) in [4.78, 5) is 0. The van der Waals surface area contributed by atoms with Crippen molar-refractivity contribution in [1.29, 1.82) is 21.6 Å². The molecule has 120 valence electrons. The summed E-state index contributed by atoms with van der Waals surface area (Å²) in [5.74, 6) is -1.81. The Kier molecular flexibility index (Phi) is 6.09. The summed E-state index contributed by atoms with van der Waals surface area (Å²) >= 11 is 6.01. The Bertz CT molecular complexity index is 429. The van der Waals surface area contributed by atoms with E-state index in [2.05, 4.69) is 10.9 Å². The van der Waals surface area contributed by atoms with Crippen molar-refractivity contribution in [2.24, 2.45) is 22.9 Å². The van der Waals surface area contributed by atoms with Crippen molar-refractivity contribution < 1.29 is 0 Å². The average Bonchev–Trinajstić information content (AvgIpc) is 2.32. The molecule has 0 aromatic rings. The second-order valence-electron chi connectivity index (χ2n) is 4.59. The van der Waals surface area contributed by atoms with Gasteiger partial charge >= 0.3 is 0 Å². The lowest BCUT2D eigenvalue weighted by Gasteiger charge is -2.40. The molecule has 1 unspecified atom stereocenters. The minimum Gasteiger partial charge on any atom is -0.386 e. The SMILES string of the molecule is CCC(NNC(C(=N)N)(C(=N)N)C(C)Cl)(C(=N)N)C(=N)N. The molecule has 0 aliphatic heterocycles. The highest BCUT2D eigenvalue weighted by Crippen LogP contribution is 2.17. The van der Waals surface area contributed by atoms with Gasteiger partial charge in [0.05, 0.1) is 5.38 Å². The zero-order valence-corrected chi connectivity index (χ0v) is 12.7. The van der Waals surface area contributed by atoms with Crippen molar-refractivity contribution in [2.45, 2.75) is 36.7 Å². The lowest BCUT2D eigenvalue weighted by atomic mass is 9.91. The fourth-order valence-electron chi connectivity index (χ4n) is 1.76. The van der Waals surface area contributed by atoms with E-state index in [9.17, 15) is 0 Å². The lowest BCUT2D eigenvalue weighted by molar-refractivity contribution is 0.368. The van der Waals surface area contributed by atoms with Crippen LogP contribution in [0.15, 0.2) is 0 Å². The van der Waals surface area contributed by atoms with E-state index in [1.165, 1.54) is 6.92 Å². The van der Waals surface area contributed by atoms with Crippen LogP contribution in [0.1, 0.15) is 20.3 Å². The Balaban J connectivity index is 5.68. The summed E-state index contributed by atoms with van der Waals surface area (Å²) in [6.07, 6.45) is 0.174. The molecule has 0 saturated heterocycles. The van der Waals surface area contributed by atoms with Crippen LogP contribution in [0.25, 0.3) is 0 Å². The fraction of sp³-hybridized carbons (Fsp3) is 0.600. The Morgan fingerprint density at radius 1 is 0.952 bits per heavy atom. The molecule has 0 spiro atoms. The summed E-state index contributed by atoms with van der Waals surface area (Å²) in [5, 5.41) is 29.6. The molecule has 11 heteroatoms. The van der Waals surface area contributed by atoms with Gasteiger partial charge in [-0.3, -0.25) is 21.6 Å². The molecule has 0 rings (SSSR count). The van der Waals surface area contributed by atoms with Gasteiger partial charge in [0, 0.05) is 0 Å². The van der Waals surface area contributed by atoms with E-state index in [-0.39, 0.29) is 6.42 Å². The normalized spacial score (nSPS) is 18.0. The number of alkyl halides is 1. The molecule has 21 heavy (non-hydrogen) atoms. The minimum atomic E-state index is -1.70. The third-order valence-electron chi connectivity index (χ3n) is 3.37. The van der Waals surface area contributed by atoms with E-state index in [0.29, 0.717) is 0 Å². The molecule has 0 saturated carbocycles. The van der Waals surface area contributed by atoms with E-state index in [0.717, 1.165) is 0 Å². The maximum absolute atomic E-state index is 7.64.